The molecule has 1 aromatic heterocycles. The van der Waals surface area contributed by atoms with Crippen molar-refractivity contribution < 1.29 is 9.53 Å². The van der Waals surface area contributed by atoms with Gasteiger partial charge in [0.2, 0.25) is 5.91 Å². The molecule has 1 N–H and O–H groups in total. The minimum absolute atomic E-state index is 0.0983. The Balaban J connectivity index is 1.53. The lowest BCUT2D eigenvalue weighted by atomic mass is 9.79. The molecule has 1 aliphatic heterocycles. The molecule has 3 rings (SSSR count). The van der Waals surface area contributed by atoms with Crippen LogP contribution in [0.3, 0.4) is 0 Å². The molecule has 1 saturated heterocycles. The molecule has 6 nitrogen and oxygen atoms in total. The topological polar surface area (TPSA) is 59.4 Å². The summed E-state index contributed by atoms with van der Waals surface area (Å²) >= 11 is 1.49. The van der Waals surface area contributed by atoms with E-state index in [1.807, 2.05) is 17.8 Å². The number of hydrogen-bond acceptors (Lipinski definition) is 5. The number of thioether (sulfide) groups is 1. The van der Waals surface area contributed by atoms with Crippen LogP contribution in [0.2, 0.25) is 0 Å². The van der Waals surface area contributed by atoms with Crippen LogP contribution >= 0.6 is 11.8 Å². The molecular formula is C17H28N4O2S. The number of carbonyl (C=O) groups is 1. The summed E-state index contributed by atoms with van der Waals surface area (Å²) in [5.41, 5.74) is 0.131. The number of hydrogen-bond donors (Lipinski definition) is 1. The second-order valence-corrected chi connectivity index (χ2v) is 7.71. The maximum atomic E-state index is 12.3. The van der Waals surface area contributed by atoms with Crippen molar-refractivity contribution in [2.24, 2.45) is 7.05 Å². The SMILES string of the molecule is Cn1ccnc1SCC(=O)NCC1(N2CCOCC2)CCCCC1. The molecule has 1 saturated carbocycles. The molecule has 24 heavy (non-hydrogen) atoms. The number of morpholine rings is 1. The number of ether oxygens (including phenoxy) is 1. The minimum atomic E-state index is 0.0983. The van der Waals surface area contributed by atoms with Crippen molar-refractivity contribution in [3.05, 3.63) is 12.4 Å². The van der Waals surface area contributed by atoms with Crippen LogP contribution < -0.4 is 5.32 Å². The summed E-state index contributed by atoms with van der Waals surface area (Å²) in [5.74, 6) is 0.519. The van der Waals surface area contributed by atoms with Gasteiger partial charge in [-0.05, 0) is 12.8 Å². The van der Waals surface area contributed by atoms with Crippen LogP contribution in [-0.4, -0.2) is 64.5 Å². The smallest absolute Gasteiger partial charge is 0.230 e. The quantitative estimate of drug-likeness (QED) is 0.789. The summed E-state index contributed by atoms with van der Waals surface area (Å²) < 4.78 is 7.45. The van der Waals surface area contributed by atoms with Gasteiger partial charge in [-0.1, -0.05) is 31.0 Å². The van der Waals surface area contributed by atoms with E-state index in [0.717, 1.165) is 38.0 Å². The lowest BCUT2D eigenvalue weighted by Gasteiger charge is -2.48. The molecule has 0 bridgehead atoms. The summed E-state index contributed by atoms with van der Waals surface area (Å²) in [6.07, 6.45) is 9.85. The van der Waals surface area contributed by atoms with Gasteiger partial charge >= 0.3 is 0 Å². The molecule has 0 spiro atoms. The van der Waals surface area contributed by atoms with Crippen LogP contribution in [0.4, 0.5) is 0 Å². The Morgan fingerprint density at radius 1 is 1.33 bits per heavy atom. The average molecular weight is 353 g/mol. The number of aromatic nitrogens is 2. The number of nitrogens with one attached hydrogen (secondary N) is 1. The van der Waals surface area contributed by atoms with Crippen molar-refractivity contribution in [2.75, 3.05) is 38.6 Å². The first-order valence-corrected chi connectivity index (χ1v) is 9.88. The van der Waals surface area contributed by atoms with Gasteiger partial charge in [-0.3, -0.25) is 9.69 Å². The molecule has 134 valence electrons. The van der Waals surface area contributed by atoms with Gasteiger partial charge in [0.25, 0.3) is 0 Å². The molecule has 0 unspecified atom stereocenters. The van der Waals surface area contributed by atoms with Gasteiger partial charge in [0, 0.05) is 44.6 Å². The van der Waals surface area contributed by atoms with Crippen molar-refractivity contribution in [2.45, 2.75) is 42.8 Å². The number of nitrogens with zero attached hydrogens (tertiary/aromatic N) is 3. The normalized spacial score (nSPS) is 21.5. The van der Waals surface area contributed by atoms with Gasteiger partial charge in [0.15, 0.2) is 5.16 Å². The number of amides is 1. The minimum Gasteiger partial charge on any atom is -0.379 e. The highest BCUT2D eigenvalue weighted by Gasteiger charge is 2.38. The molecule has 0 atom stereocenters. The Morgan fingerprint density at radius 2 is 2.08 bits per heavy atom. The van der Waals surface area contributed by atoms with E-state index in [2.05, 4.69) is 15.2 Å². The molecule has 2 aliphatic rings. The molecule has 2 heterocycles. The molecule has 1 amide bonds. The highest BCUT2D eigenvalue weighted by atomic mass is 32.2. The van der Waals surface area contributed by atoms with E-state index < -0.39 is 0 Å². The number of aryl methyl sites for hydroxylation is 1. The van der Waals surface area contributed by atoms with Crippen LogP contribution in [0.1, 0.15) is 32.1 Å². The third kappa shape index (κ3) is 4.32. The summed E-state index contributed by atoms with van der Waals surface area (Å²) in [4.78, 5) is 19.1. The van der Waals surface area contributed by atoms with Crippen molar-refractivity contribution in [3.8, 4) is 0 Å². The Hall–Kier alpha value is -1.05. The van der Waals surface area contributed by atoms with Crippen molar-refractivity contribution in [1.82, 2.24) is 19.8 Å². The maximum Gasteiger partial charge on any atom is 0.230 e. The van der Waals surface area contributed by atoms with Crippen molar-refractivity contribution in [1.29, 1.82) is 0 Å². The van der Waals surface area contributed by atoms with Crippen LogP contribution in [0.15, 0.2) is 17.6 Å². The average Bonchev–Trinajstić information content (AvgIpc) is 3.05. The monoisotopic (exact) mass is 352 g/mol. The van der Waals surface area contributed by atoms with Gasteiger partial charge in [-0.2, -0.15) is 0 Å². The maximum absolute atomic E-state index is 12.3. The predicted octanol–water partition coefficient (Wildman–Crippen LogP) is 1.66. The van der Waals surface area contributed by atoms with E-state index in [-0.39, 0.29) is 11.4 Å². The molecule has 0 radical (unpaired) electrons. The zero-order valence-electron chi connectivity index (χ0n) is 14.5. The van der Waals surface area contributed by atoms with E-state index in [4.69, 9.17) is 4.74 Å². The second-order valence-electron chi connectivity index (χ2n) is 6.77. The van der Waals surface area contributed by atoms with Crippen LogP contribution in [-0.2, 0) is 16.6 Å². The van der Waals surface area contributed by atoms with E-state index >= 15 is 0 Å². The van der Waals surface area contributed by atoms with E-state index in [0.29, 0.717) is 5.75 Å². The molecule has 2 fully saturated rings. The Bertz CT molecular complexity index is 536. The summed E-state index contributed by atoms with van der Waals surface area (Å²) in [7, 11) is 1.95. The van der Waals surface area contributed by atoms with Crippen LogP contribution in [0.25, 0.3) is 0 Å². The fourth-order valence-electron chi connectivity index (χ4n) is 3.79. The first kappa shape index (κ1) is 17.8. The number of rotatable bonds is 6. The largest absolute Gasteiger partial charge is 0.379 e. The van der Waals surface area contributed by atoms with Gasteiger partial charge in [-0.25, -0.2) is 4.98 Å². The second kappa shape index (κ2) is 8.36. The lowest BCUT2D eigenvalue weighted by Crippen LogP contribution is -2.59. The van der Waals surface area contributed by atoms with Crippen molar-refractivity contribution in [3.63, 3.8) is 0 Å². The molecule has 1 aliphatic carbocycles. The van der Waals surface area contributed by atoms with Crippen LogP contribution in [0.5, 0.6) is 0 Å². The van der Waals surface area contributed by atoms with E-state index in [1.54, 1.807) is 6.20 Å². The highest BCUT2D eigenvalue weighted by molar-refractivity contribution is 7.99. The van der Waals surface area contributed by atoms with Crippen molar-refractivity contribution >= 4 is 17.7 Å². The van der Waals surface area contributed by atoms with Crippen LogP contribution in [0, 0.1) is 0 Å². The predicted molar refractivity (Wildman–Crippen MR) is 95.1 cm³/mol. The third-order valence-electron chi connectivity index (χ3n) is 5.19. The Kier molecular flexibility index (Phi) is 6.19. The van der Waals surface area contributed by atoms with E-state index in [9.17, 15) is 4.79 Å². The summed E-state index contributed by atoms with van der Waals surface area (Å²) in [6.45, 7) is 4.35. The first-order valence-electron chi connectivity index (χ1n) is 8.89. The molecule has 0 aromatic carbocycles. The highest BCUT2D eigenvalue weighted by Crippen LogP contribution is 2.33. The van der Waals surface area contributed by atoms with Gasteiger partial charge < -0.3 is 14.6 Å². The fraction of sp³-hybridized carbons (Fsp3) is 0.765. The van der Waals surface area contributed by atoms with Gasteiger partial charge in [0.1, 0.15) is 0 Å². The first-order chi connectivity index (χ1) is 11.7. The Morgan fingerprint density at radius 3 is 2.75 bits per heavy atom. The number of imidazole rings is 1. The fourth-order valence-corrected chi connectivity index (χ4v) is 4.55. The number of carbonyl (C=O) groups excluding carboxylic acids is 1. The molecule has 7 heteroatoms. The zero-order chi connectivity index (χ0) is 16.8. The summed E-state index contributed by atoms with van der Waals surface area (Å²) in [6, 6.07) is 0. The Labute approximate surface area is 148 Å². The zero-order valence-corrected chi connectivity index (χ0v) is 15.3. The standard InChI is InChI=1S/C17H28N4O2S/c1-20-8-7-18-16(20)24-13-15(22)19-14-17(5-3-2-4-6-17)21-9-11-23-12-10-21/h7-8H,2-6,9-14H2,1H3,(H,19,22). The van der Waals surface area contributed by atoms with Gasteiger partial charge in [0.05, 0.1) is 19.0 Å². The summed E-state index contributed by atoms with van der Waals surface area (Å²) in [5, 5.41) is 4.07. The van der Waals surface area contributed by atoms with E-state index in [1.165, 1.54) is 43.9 Å². The molecular weight excluding hydrogens is 324 g/mol. The third-order valence-corrected chi connectivity index (χ3v) is 6.25. The lowest BCUT2D eigenvalue weighted by molar-refractivity contribution is -0.119. The van der Waals surface area contributed by atoms with Gasteiger partial charge in [-0.15, -0.1) is 0 Å². The molecule has 1 aromatic rings.